The molecule has 48 heavy (non-hydrogen) atoms. The van der Waals surface area contributed by atoms with Crippen molar-refractivity contribution >= 4 is 16.9 Å². The van der Waals surface area contributed by atoms with Crippen molar-refractivity contribution in [3.63, 3.8) is 0 Å². The minimum absolute atomic E-state index is 0.0445. The molecular formula is C37H40FN7O3. The molecule has 3 aromatic heterocycles. The molecule has 4 heterocycles. The fraction of sp³-hybridized carbons (Fsp3) is 0.378. The fourth-order valence-electron chi connectivity index (χ4n) is 7.15. The molecule has 1 saturated carbocycles. The third kappa shape index (κ3) is 6.34. The van der Waals surface area contributed by atoms with Gasteiger partial charge in [-0.3, -0.25) is 23.7 Å². The second kappa shape index (κ2) is 13.3. The Bertz CT molecular complexity index is 2070. The van der Waals surface area contributed by atoms with E-state index >= 15 is 0 Å². The molecule has 5 aromatic rings. The van der Waals surface area contributed by atoms with Crippen LogP contribution in [0.1, 0.15) is 72.7 Å². The third-order valence-electron chi connectivity index (χ3n) is 9.88. The van der Waals surface area contributed by atoms with E-state index in [9.17, 15) is 18.8 Å². The van der Waals surface area contributed by atoms with Gasteiger partial charge in [0.1, 0.15) is 11.5 Å². The van der Waals surface area contributed by atoms with Gasteiger partial charge in [0, 0.05) is 31.4 Å². The molecule has 1 aliphatic carbocycles. The van der Waals surface area contributed by atoms with Gasteiger partial charge >= 0.3 is 5.69 Å². The number of halogens is 1. The molecule has 2 aliphatic rings. The Morgan fingerprint density at radius 3 is 2.40 bits per heavy atom. The van der Waals surface area contributed by atoms with Gasteiger partial charge in [-0.15, -0.1) is 0 Å². The summed E-state index contributed by atoms with van der Waals surface area (Å²) < 4.78 is 18.8. The average molecular weight is 650 g/mol. The van der Waals surface area contributed by atoms with Gasteiger partial charge < -0.3 is 5.32 Å². The van der Waals surface area contributed by atoms with Crippen LogP contribution in [-0.2, 0) is 13.6 Å². The summed E-state index contributed by atoms with van der Waals surface area (Å²) in [6.07, 6.45) is 7.00. The normalized spacial score (nSPS) is 18.6. The largest absolute Gasteiger partial charge is 0.348 e. The highest BCUT2D eigenvalue weighted by Gasteiger charge is 2.28. The molecule has 0 bridgehead atoms. The van der Waals surface area contributed by atoms with Crippen LogP contribution in [-0.4, -0.2) is 53.8 Å². The van der Waals surface area contributed by atoms with E-state index in [0.29, 0.717) is 37.1 Å². The van der Waals surface area contributed by atoms with E-state index in [2.05, 4.69) is 44.6 Å². The monoisotopic (exact) mass is 649 g/mol. The zero-order valence-electron chi connectivity index (χ0n) is 27.4. The van der Waals surface area contributed by atoms with Crippen LogP contribution in [0.25, 0.3) is 27.8 Å². The first kappa shape index (κ1) is 31.7. The predicted octanol–water partition coefficient (Wildman–Crippen LogP) is 5.30. The number of piperidine rings is 1. The summed E-state index contributed by atoms with van der Waals surface area (Å²) in [7, 11) is 1.79. The van der Waals surface area contributed by atoms with Gasteiger partial charge in [-0.2, -0.15) is 5.10 Å². The smallest absolute Gasteiger partial charge is 0.337 e. The molecule has 0 atom stereocenters. The van der Waals surface area contributed by atoms with Crippen LogP contribution in [0, 0.1) is 12.7 Å². The van der Waals surface area contributed by atoms with Gasteiger partial charge in [0.05, 0.1) is 17.3 Å². The number of hydrogen-bond donors (Lipinski definition) is 1. The van der Waals surface area contributed by atoms with Gasteiger partial charge in [0.2, 0.25) is 0 Å². The Labute approximate surface area is 277 Å². The van der Waals surface area contributed by atoms with Crippen LogP contribution in [0.5, 0.6) is 0 Å². The van der Waals surface area contributed by atoms with E-state index in [1.54, 1.807) is 23.9 Å². The van der Waals surface area contributed by atoms with E-state index in [1.807, 2.05) is 25.1 Å². The second-order valence-corrected chi connectivity index (χ2v) is 13.2. The Kier molecular flexibility index (Phi) is 8.79. The van der Waals surface area contributed by atoms with E-state index in [0.717, 1.165) is 48.7 Å². The van der Waals surface area contributed by atoms with Crippen LogP contribution in [0.15, 0.2) is 76.4 Å². The molecule has 0 radical (unpaired) electrons. The van der Waals surface area contributed by atoms with Crippen LogP contribution >= 0.6 is 0 Å². The van der Waals surface area contributed by atoms with Crippen molar-refractivity contribution in [1.82, 2.24) is 34.1 Å². The lowest BCUT2D eigenvalue weighted by Crippen LogP contribution is -2.45. The number of likely N-dealkylation sites (tertiary alicyclic amines) is 1. The van der Waals surface area contributed by atoms with Crippen molar-refractivity contribution in [2.75, 3.05) is 13.1 Å². The van der Waals surface area contributed by atoms with Crippen molar-refractivity contribution in [3.05, 3.63) is 110 Å². The van der Waals surface area contributed by atoms with Crippen molar-refractivity contribution < 1.29 is 9.18 Å². The van der Waals surface area contributed by atoms with E-state index in [1.165, 1.54) is 34.0 Å². The van der Waals surface area contributed by atoms with Gasteiger partial charge in [-0.05, 0) is 99.5 Å². The maximum absolute atomic E-state index is 14.5. The Morgan fingerprint density at radius 1 is 0.938 bits per heavy atom. The van der Waals surface area contributed by atoms with Gasteiger partial charge in [0.25, 0.3) is 11.5 Å². The number of amides is 1. The number of benzene rings is 2. The fourth-order valence-corrected chi connectivity index (χ4v) is 7.15. The summed E-state index contributed by atoms with van der Waals surface area (Å²) in [5.74, 6) is -0.892. The Balaban J connectivity index is 1.17. The second-order valence-electron chi connectivity index (χ2n) is 13.2. The maximum Gasteiger partial charge on any atom is 0.337 e. The molecule has 2 fully saturated rings. The lowest BCUT2D eigenvalue weighted by molar-refractivity contribution is 0.0916. The van der Waals surface area contributed by atoms with E-state index in [-0.39, 0.29) is 23.0 Å². The van der Waals surface area contributed by atoms with Crippen LogP contribution in [0.2, 0.25) is 0 Å². The SMILES string of the molecule is Cc1cc(C(=O)NC2CCC(n3c(=O)c4cc(F)cnc4n(-c4cccc(-c5ccc(CN6CCCCC6)cc5)c4)c3=O)CC2)nn1C. The minimum atomic E-state index is -0.647. The summed E-state index contributed by atoms with van der Waals surface area (Å²) in [5.41, 5.74) is 4.00. The lowest BCUT2D eigenvalue weighted by atomic mass is 9.90. The zero-order chi connectivity index (χ0) is 33.4. The molecule has 2 aromatic carbocycles. The number of hydrogen-bond acceptors (Lipinski definition) is 6. The molecule has 248 valence electrons. The van der Waals surface area contributed by atoms with Crippen LogP contribution < -0.4 is 16.6 Å². The van der Waals surface area contributed by atoms with Gasteiger partial charge in [-0.1, -0.05) is 42.8 Å². The molecule has 7 rings (SSSR count). The molecule has 0 spiro atoms. The number of pyridine rings is 1. The molecule has 1 N–H and O–H groups in total. The first-order chi connectivity index (χ1) is 23.2. The molecule has 10 nitrogen and oxygen atoms in total. The molecule has 11 heteroatoms. The van der Waals surface area contributed by atoms with Crippen LogP contribution in [0.4, 0.5) is 4.39 Å². The number of rotatable bonds is 7. The summed E-state index contributed by atoms with van der Waals surface area (Å²) in [6, 6.07) is 18.4. The van der Waals surface area contributed by atoms with E-state index in [4.69, 9.17) is 0 Å². The highest BCUT2D eigenvalue weighted by atomic mass is 19.1. The van der Waals surface area contributed by atoms with Gasteiger partial charge in [-0.25, -0.2) is 18.7 Å². The van der Waals surface area contributed by atoms with Crippen LogP contribution in [0.3, 0.4) is 0 Å². The molecule has 0 unspecified atom stereocenters. The number of aryl methyl sites for hydroxylation is 2. The molecular weight excluding hydrogens is 609 g/mol. The number of carbonyl (C=O) groups is 1. The highest BCUT2D eigenvalue weighted by Crippen LogP contribution is 2.29. The van der Waals surface area contributed by atoms with Crippen molar-refractivity contribution in [2.24, 2.45) is 7.05 Å². The number of nitrogens with one attached hydrogen (secondary N) is 1. The maximum atomic E-state index is 14.5. The predicted molar refractivity (Wildman–Crippen MR) is 183 cm³/mol. The van der Waals surface area contributed by atoms with Crippen molar-refractivity contribution in [2.45, 2.75) is 70.5 Å². The quantitative estimate of drug-likeness (QED) is 0.257. The minimum Gasteiger partial charge on any atom is -0.348 e. The molecule has 1 saturated heterocycles. The molecule has 1 aliphatic heterocycles. The summed E-state index contributed by atoms with van der Waals surface area (Å²) in [6.45, 7) is 5.09. The highest BCUT2D eigenvalue weighted by molar-refractivity contribution is 5.92. The summed E-state index contributed by atoms with van der Waals surface area (Å²) >= 11 is 0. The van der Waals surface area contributed by atoms with Crippen molar-refractivity contribution in [3.8, 4) is 16.8 Å². The topological polar surface area (TPSA) is 107 Å². The number of nitrogens with zero attached hydrogens (tertiary/aromatic N) is 6. The summed E-state index contributed by atoms with van der Waals surface area (Å²) in [5, 5.41) is 7.36. The Hall–Kier alpha value is -4.90. The third-order valence-corrected chi connectivity index (χ3v) is 9.88. The first-order valence-electron chi connectivity index (χ1n) is 16.8. The standard InChI is InChI=1S/C37H40FN7O3/c1-24-19-33(41-42(24)2)35(46)40-29-13-15-30(16-14-29)45-36(47)32-21-28(38)22-39-34(32)44(37(45)48)31-8-6-7-27(20-31)26-11-9-25(10-12-26)23-43-17-4-3-5-18-43/h6-12,19-22,29-30H,3-5,13-18,23H2,1-2H3,(H,40,46). The first-order valence-corrected chi connectivity index (χ1v) is 16.8. The Morgan fingerprint density at radius 2 is 1.69 bits per heavy atom. The van der Waals surface area contributed by atoms with E-state index < -0.39 is 23.1 Å². The number of fused-ring (bicyclic) bond motifs is 1. The summed E-state index contributed by atoms with van der Waals surface area (Å²) in [4.78, 5) is 47.6. The lowest BCUT2D eigenvalue weighted by Gasteiger charge is -2.30. The van der Waals surface area contributed by atoms with Gasteiger partial charge in [0.15, 0.2) is 5.65 Å². The number of carbonyl (C=O) groups excluding carboxylic acids is 1. The number of aromatic nitrogens is 5. The molecule has 1 amide bonds. The van der Waals surface area contributed by atoms with Crippen molar-refractivity contribution in [1.29, 1.82) is 0 Å². The zero-order valence-corrected chi connectivity index (χ0v) is 27.4. The average Bonchev–Trinajstić information content (AvgIpc) is 3.44.